The van der Waals surface area contributed by atoms with E-state index in [4.69, 9.17) is 5.26 Å². The van der Waals surface area contributed by atoms with Crippen molar-refractivity contribution in [3.8, 4) is 6.07 Å². The maximum atomic E-state index is 13.6. The number of halogens is 1. The molecular weight excluding hydrogens is 321 g/mol. The average molecular weight is 331 g/mol. The van der Waals surface area contributed by atoms with Gasteiger partial charge in [-0.3, -0.25) is 4.72 Å². The molecule has 0 aliphatic carbocycles. The lowest BCUT2D eigenvalue weighted by Gasteiger charge is -2.08. The summed E-state index contributed by atoms with van der Waals surface area (Å²) in [7, 11) is -4.00. The van der Waals surface area contributed by atoms with Crippen LogP contribution in [0, 0.1) is 24.1 Å². The number of aryl methyl sites for hydroxylation is 1. The number of anilines is 1. The van der Waals surface area contributed by atoms with E-state index in [1.807, 2.05) is 0 Å². The number of benzene rings is 1. The van der Waals surface area contributed by atoms with Gasteiger partial charge in [-0.05, 0) is 25.1 Å². The molecule has 7 nitrogen and oxygen atoms in total. The second-order valence-corrected chi connectivity index (χ2v) is 6.47. The molecule has 1 N–H and O–H groups in total. The van der Waals surface area contributed by atoms with Crippen LogP contribution in [0.25, 0.3) is 5.65 Å². The number of sulfonamides is 1. The first kappa shape index (κ1) is 14.9. The van der Waals surface area contributed by atoms with Crippen LogP contribution in [0.15, 0.2) is 41.6 Å². The molecule has 23 heavy (non-hydrogen) atoms. The van der Waals surface area contributed by atoms with Crippen LogP contribution in [0.3, 0.4) is 0 Å². The average Bonchev–Trinajstić information content (AvgIpc) is 2.86. The highest BCUT2D eigenvalue weighted by Gasteiger charge is 2.17. The molecule has 0 atom stereocenters. The lowest BCUT2D eigenvalue weighted by atomic mass is 10.2. The molecule has 2 aromatic heterocycles. The first-order valence-electron chi connectivity index (χ1n) is 6.43. The summed E-state index contributed by atoms with van der Waals surface area (Å²) in [5, 5.41) is 12.8. The molecule has 0 aliphatic rings. The van der Waals surface area contributed by atoms with Crippen LogP contribution in [-0.2, 0) is 10.0 Å². The van der Waals surface area contributed by atoms with E-state index in [1.165, 1.54) is 16.9 Å². The van der Waals surface area contributed by atoms with Crippen molar-refractivity contribution >= 4 is 21.4 Å². The minimum absolute atomic E-state index is 0.186. The summed E-state index contributed by atoms with van der Waals surface area (Å²) >= 11 is 0. The van der Waals surface area contributed by atoms with Gasteiger partial charge in [0, 0.05) is 6.07 Å². The second kappa shape index (κ2) is 5.33. The first-order valence-corrected chi connectivity index (χ1v) is 7.92. The van der Waals surface area contributed by atoms with Gasteiger partial charge in [0.25, 0.3) is 10.0 Å². The number of hydrogen-bond acceptors (Lipinski definition) is 5. The van der Waals surface area contributed by atoms with Crippen LogP contribution in [0.2, 0.25) is 0 Å². The van der Waals surface area contributed by atoms with E-state index in [9.17, 15) is 12.8 Å². The Labute approximate surface area is 131 Å². The zero-order valence-corrected chi connectivity index (χ0v) is 12.7. The molecule has 3 rings (SSSR count). The fourth-order valence-electron chi connectivity index (χ4n) is 2.02. The van der Waals surface area contributed by atoms with Gasteiger partial charge in [0.2, 0.25) is 0 Å². The summed E-state index contributed by atoms with van der Waals surface area (Å²) in [6.07, 6.45) is 2.81. The molecule has 0 unspecified atom stereocenters. The third-order valence-corrected chi connectivity index (χ3v) is 4.44. The lowest BCUT2D eigenvalue weighted by molar-refractivity contribution is 0.594. The summed E-state index contributed by atoms with van der Waals surface area (Å²) in [6.45, 7) is 1.79. The van der Waals surface area contributed by atoms with E-state index in [2.05, 4.69) is 14.8 Å². The van der Waals surface area contributed by atoms with E-state index >= 15 is 0 Å². The van der Waals surface area contributed by atoms with Gasteiger partial charge < -0.3 is 0 Å². The fraction of sp³-hybridized carbons (Fsp3) is 0.0714. The molecule has 0 bridgehead atoms. The van der Waals surface area contributed by atoms with Crippen LogP contribution in [-0.4, -0.2) is 23.0 Å². The van der Waals surface area contributed by atoms with Crippen LogP contribution in [0.1, 0.15) is 11.3 Å². The lowest BCUT2D eigenvalue weighted by Crippen LogP contribution is -2.14. The molecule has 3 aromatic rings. The monoisotopic (exact) mass is 331 g/mol. The molecule has 0 spiro atoms. The van der Waals surface area contributed by atoms with Crippen LogP contribution < -0.4 is 4.72 Å². The minimum atomic E-state index is -4.00. The summed E-state index contributed by atoms with van der Waals surface area (Å²) in [5.41, 5.74) is 1.28. The number of nitriles is 1. The van der Waals surface area contributed by atoms with Gasteiger partial charge in [-0.15, -0.1) is 0 Å². The van der Waals surface area contributed by atoms with E-state index in [-0.39, 0.29) is 16.1 Å². The van der Waals surface area contributed by atoms with E-state index in [0.717, 1.165) is 23.9 Å². The molecule has 0 radical (unpaired) electrons. The summed E-state index contributed by atoms with van der Waals surface area (Å²) < 4.78 is 41.9. The molecule has 116 valence electrons. The molecule has 0 fully saturated rings. The maximum Gasteiger partial charge on any atom is 0.262 e. The summed E-state index contributed by atoms with van der Waals surface area (Å²) in [4.78, 5) is 3.79. The van der Waals surface area contributed by atoms with Gasteiger partial charge in [-0.2, -0.15) is 10.4 Å². The molecular formula is C14H10FN5O2S. The minimum Gasteiger partial charge on any atom is -0.276 e. The third-order valence-electron chi connectivity index (χ3n) is 3.06. The Bertz CT molecular complexity index is 1050. The normalized spacial score (nSPS) is 11.3. The summed E-state index contributed by atoms with van der Waals surface area (Å²) in [6, 6.07) is 6.45. The first-order chi connectivity index (χ1) is 10.9. The van der Waals surface area contributed by atoms with Gasteiger partial charge in [-0.1, -0.05) is 0 Å². The number of hydrogen-bond donors (Lipinski definition) is 1. The Balaban J connectivity index is 1.96. The van der Waals surface area contributed by atoms with Crippen molar-refractivity contribution in [3.05, 3.63) is 53.7 Å². The SMILES string of the molecule is Cc1cc2ncc(NS(=O)(=O)c3ccc(C#N)c(F)c3)cn2n1. The quantitative estimate of drug-likeness (QED) is 0.789. The smallest absolute Gasteiger partial charge is 0.262 e. The largest absolute Gasteiger partial charge is 0.276 e. The third kappa shape index (κ3) is 2.84. The van der Waals surface area contributed by atoms with Crippen molar-refractivity contribution in [3.63, 3.8) is 0 Å². The Hall–Kier alpha value is -2.99. The molecule has 0 aliphatic heterocycles. The van der Waals surface area contributed by atoms with Crippen LogP contribution in [0.4, 0.5) is 10.1 Å². The van der Waals surface area contributed by atoms with E-state index in [0.29, 0.717) is 5.65 Å². The van der Waals surface area contributed by atoms with Crippen molar-refractivity contribution in [1.29, 1.82) is 5.26 Å². The van der Waals surface area contributed by atoms with E-state index in [1.54, 1.807) is 19.1 Å². The Morgan fingerprint density at radius 3 is 2.83 bits per heavy atom. The standard InChI is InChI=1S/C14H10FN5O2S/c1-9-4-14-17-7-11(8-20(14)18-9)19-23(21,22)12-3-2-10(6-16)13(15)5-12/h2-5,7-8,19H,1H3. The Kier molecular flexibility index (Phi) is 3.46. The number of rotatable bonds is 3. The zero-order valence-electron chi connectivity index (χ0n) is 11.9. The predicted molar refractivity (Wildman–Crippen MR) is 79.6 cm³/mol. The Morgan fingerprint density at radius 1 is 1.35 bits per heavy atom. The predicted octanol–water partition coefficient (Wildman–Crippen LogP) is 1.85. The van der Waals surface area contributed by atoms with Crippen LogP contribution >= 0.6 is 0 Å². The van der Waals surface area contributed by atoms with Crippen LogP contribution in [0.5, 0.6) is 0 Å². The Morgan fingerprint density at radius 2 is 2.13 bits per heavy atom. The van der Waals surface area contributed by atoms with Crippen molar-refractivity contribution in [1.82, 2.24) is 14.6 Å². The molecule has 9 heteroatoms. The van der Waals surface area contributed by atoms with Crippen molar-refractivity contribution in [2.45, 2.75) is 11.8 Å². The molecule has 0 saturated carbocycles. The molecule has 0 saturated heterocycles. The van der Waals surface area contributed by atoms with Gasteiger partial charge in [0.15, 0.2) is 5.65 Å². The number of fused-ring (bicyclic) bond motifs is 1. The fourth-order valence-corrected chi connectivity index (χ4v) is 3.05. The molecule has 2 heterocycles. The van der Waals surface area contributed by atoms with Gasteiger partial charge in [0.05, 0.1) is 34.2 Å². The van der Waals surface area contributed by atoms with Gasteiger partial charge in [0.1, 0.15) is 11.9 Å². The number of aromatic nitrogens is 3. The van der Waals surface area contributed by atoms with E-state index < -0.39 is 15.8 Å². The number of nitrogens with one attached hydrogen (secondary N) is 1. The highest BCUT2D eigenvalue weighted by molar-refractivity contribution is 7.92. The zero-order chi connectivity index (χ0) is 16.6. The van der Waals surface area contributed by atoms with Gasteiger partial charge >= 0.3 is 0 Å². The maximum absolute atomic E-state index is 13.6. The molecule has 1 aromatic carbocycles. The van der Waals surface area contributed by atoms with Crippen molar-refractivity contribution in [2.75, 3.05) is 4.72 Å². The van der Waals surface area contributed by atoms with Crippen molar-refractivity contribution < 1.29 is 12.8 Å². The van der Waals surface area contributed by atoms with Crippen molar-refractivity contribution in [2.24, 2.45) is 0 Å². The highest BCUT2D eigenvalue weighted by atomic mass is 32.2. The molecule has 0 amide bonds. The van der Waals surface area contributed by atoms with Gasteiger partial charge in [-0.25, -0.2) is 22.3 Å². The highest BCUT2D eigenvalue weighted by Crippen LogP contribution is 2.18. The topological polar surface area (TPSA) is 100 Å². The second-order valence-electron chi connectivity index (χ2n) is 4.79. The summed E-state index contributed by atoms with van der Waals surface area (Å²) in [5.74, 6) is -0.897. The number of nitrogens with zero attached hydrogens (tertiary/aromatic N) is 4.